The fourth-order valence-corrected chi connectivity index (χ4v) is 4.43. The summed E-state index contributed by atoms with van der Waals surface area (Å²) in [6.45, 7) is 0. The Morgan fingerprint density at radius 1 is 1.03 bits per heavy atom. The molecule has 0 aliphatic heterocycles. The first-order chi connectivity index (χ1) is 16.4. The molecule has 0 atom stereocenters. The van der Waals surface area contributed by atoms with Gasteiger partial charge < -0.3 is 19.2 Å². The number of para-hydroxylation sites is 2. The number of oxazole rings is 1. The fourth-order valence-electron chi connectivity index (χ4n) is 2.80. The van der Waals surface area contributed by atoms with Crippen LogP contribution in [0.5, 0.6) is 11.9 Å². The molecule has 176 valence electrons. The molecule has 11 nitrogen and oxygen atoms in total. The van der Waals surface area contributed by atoms with Gasteiger partial charge in [-0.25, -0.2) is 13.4 Å². The molecule has 0 saturated heterocycles. The van der Waals surface area contributed by atoms with Gasteiger partial charge in [0.15, 0.2) is 11.4 Å². The van der Waals surface area contributed by atoms with Crippen LogP contribution in [0.3, 0.4) is 0 Å². The molecule has 0 spiro atoms. The van der Waals surface area contributed by atoms with Gasteiger partial charge in [-0.15, -0.1) is 0 Å². The zero-order valence-electron chi connectivity index (χ0n) is 18.0. The maximum Gasteiger partial charge on any atom is 0.321 e. The van der Waals surface area contributed by atoms with Gasteiger partial charge in [0.1, 0.15) is 5.52 Å². The van der Waals surface area contributed by atoms with Gasteiger partial charge in [0.2, 0.25) is 11.8 Å². The number of nitrogens with zero attached hydrogens (tertiary/aromatic N) is 3. The van der Waals surface area contributed by atoms with Crippen LogP contribution in [-0.4, -0.2) is 49.2 Å². The first-order valence-corrected chi connectivity index (χ1v) is 12.2. The minimum atomic E-state index is -3.96. The monoisotopic (exact) mass is 501 g/mol. The van der Waals surface area contributed by atoms with Crippen molar-refractivity contribution in [2.75, 3.05) is 30.0 Å². The smallest absolute Gasteiger partial charge is 0.321 e. The zero-order valence-corrected chi connectivity index (χ0v) is 19.6. The lowest BCUT2D eigenvalue weighted by molar-refractivity contribution is -0.113. The highest BCUT2D eigenvalue weighted by atomic mass is 32.2. The number of ether oxygens (including phenoxy) is 2. The molecule has 0 fully saturated rings. The molecule has 2 aromatic carbocycles. The van der Waals surface area contributed by atoms with E-state index < -0.39 is 10.0 Å². The Morgan fingerprint density at radius 3 is 2.50 bits per heavy atom. The lowest BCUT2D eigenvalue weighted by Gasteiger charge is -2.10. The molecule has 0 bridgehead atoms. The number of benzene rings is 2. The van der Waals surface area contributed by atoms with E-state index in [1.807, 2.05) is 18.2 Å². The van der Waals surface area contributed by atoms with Crippen molar-refractivity contribution in [1.82, 2.24) is 15.0 Å². The van der Waals surface area contributed by atoms with Gasteiger partial charge in [0.25, 0.3) is 15.2 Å². The Morgan fingerprint density at radius 2 is 1.79 bits per heavy atom. The number of carbonyl (C=O) groups excluding carboxylic acids is 1. The van der Waals surface area contributed by atoms with Crippen molar-refractivity contribution in [3.8, 4) is 11.9 Å². The highest BCUT2D eigenvalue weighted by molar-refractivity contribution is 7.99. The maximum atomic E-state index is 12.7. The largest absolute Gasteiger partial charge is 0.481 e. The van der Waals surface area contributed by atoms with Gasteiger partial charge in [0, 0.05) is 11.8 Å². The lowest BCUT2D eigenvalue weighted by Crippen LogP contribution is -2.16. The Hall–Kier alpha value is -3.84. The molecule has 34 heavy (non-hydrogen) atoms. The van der Waals surface area contributed by atoms with E-state index in [-0.39, 0.29) is 34.3 Å². The normalized spacial score (nSPS) is 11.2. The maximum absolute atomic E-state index is 12.7. The fraction of sp³-hybridized carbons (Fsp3) is 0.143. The van der Waals surface area contributed by atoms with E-state index in [1.165, 1.54) is 44.6 Å². The summed E-state index contributed by atoms with van der Waals surface area (Å²) < 4.78 is 43.3. The first kappa shape index (κ1) is 23.3. The van der Waals surface area contributed by atoms with Crippen LogP contribution < -0.4 is 19.5 Å². The van der Waals surface area contributed by atoms with Crippen LogP contribution in [0.25, 0.3) is 11.1 Å². The number of fused-ring (bicyclic) bond motifs is 1. The standard InChI is InChI=1S/C21H19N5O6S2/c1-30-19-11-17(24-20(25-19)31-2)26-34(28,29)14-9-7-13(8-10-14)22-18(27)12-33-21-23-15-5-3-4-6-16(15)32-21/h3-11H,12H2,1-2H3,(H,22,27)(H,24,25,26). The number of carbonyl (C=O) groups is 1. The number of thioether (sulfide) groups is 1. The number of hydrogen-bond donors (Lipinski definition) is 2. The molecular formula is C21H19N5O6S2. The second-order valence-corrected chi connectivity index (χ2v) is 9.31. The molecule has 0 aliphatic rings. The minimum Gasteiger partial charge on any atom is -0.481 e. The predicted octanol–water partition coefficient (Wildman–Crippen LogP) is 3.17. The summed E-state index contributed by atoms with van der Waals surface area (Å²) in [6.07, 6.45) is 0. The van der Waals surface area contributed by atoms with Gasteiger partial charge in [-0.3, -0.25) is 9.52 Å². The number of aromatic nitrogens is 3. The Balaban J connectivity index is 1.37. The average molecular weight is 502 g/mol. The quantitative estimate of drug-likeness (QED) is 0.328. The van der Waals surface area contributed by atoms with Crippen molar-refractivity contribution in [3.05, 3.63) is 54.6 Å². The number of methoxy groups -OCH3 is 2. The number of sulfonamides is 1. The van der Waals surface area contributed by atoms with Crippen LogP contribution in [0.4, 0.5) is 11.5 Å². The third kappa shape index (κ3) is 5.55. The highest BCUT2D eigenvalue weighted by Gasteiger charge is 2.17. The molecule has 0 radical (unpaired) electrons. The Labute approximate surface area is 199 Å². The summed E-state index contributed by atoms with van der Waals surface area (Å²) in [4.78, 5) is 24.4. The average Bonchev–Trinajstić information content (AvgIpc) is 3.25. The number of rotatable bonds is 9. The molecule has 0 unspecified atom stereocenters. The molecule has 2 heterocycles. The molecule has 0 aliphatic carbocycles. The number of anilines is 2. The van der Waals surface area contributed by atoms with Gasteiger partial charge in [0.05, 0.1) is 24.9 Å². The van der Waals surface area contributed by atoms with Crippen LogP contribution in [0.1, 0.15) is 0 Å². The van der Waals surface area contributed by atoms with Crippen molar-refractivity contribution in [3.63, 3.8) is 0 Å². The molecule has 1 amide bonds. The summed E-state index contributed by atoms with van der Waals surface area (Å²) in [7, 11) is -1.22. The third-order valence-corrected chi connectivity index (χ3v) is 6.56. The molecule has 4 rings (SSSR count). The van der Waals surface area contributed by atoms with Crippen LogP contribution in [0, 0.1) is 0 Å². The molecule has 2 aromatic heterocycles. The van der Waals surface area contributed by atoms with Gasteiger partial charge in [-0.05, 0) is 36.4 Å². The number of nitrogens with one attached hydrogen (secondary N) is 2. The van der Waals surface area contributed by atoms with Gasteiger partial charge >= 0.3 is 6.01 Å². The SMILES string of the molecule is COc1cc(NS(=O)(=O)c2ccc(NC(=O)CSc3nc4ccccc4o3)cc2)nc(OC)n1. The Kier molecular flexibility index (Phi) is 6.84. The van der Waals surface area contributed by atoms with E-state index >= 15 is 0 Å². The third-order valence-electron chi connectivity index (χ3n) is 4.36. The topological polar surface area (TPSA) is 146 Å². The Bertz CT molecular complexity index is 1370. The number of amides is 1. The first-order valence-electron chi connectivity index (χ1n) is 9.74. The summed E-state index contributed by atoms with van der Waals surface area (Å²) in [5, 5.41) is 3.10. The summed E-state index contributed by atoms with van der Waals surface area (Å²) in [5.74, 6) is -0.0944. The van der Waals surface area contributed by atoms with Gasteiger partial charge in [-0.2, -0.15) is 9.97 Å². The van der Waals surface area contributed by atoms with Gasteiger partial charge in [-0.1, -0.05) is 23.9 Å². The molecule has 2 N–H and O–H groups in total. The van der Waals surface area contributed by atoms with Crippen LogP contribution in [0.2, 0.25) is 0 Å². The molecule has 4 aromatic rings. The zero-order chi connectivity index (χ0) is 24.1. The van der Waals surface area contributed by atoms with Crippen molar-refractivity contribution < 1.29 is 27.1 Å². The van der Waals surface area contributed by atoms with Crippen LogP contribution in [0.15, 0.2) is 69.1 Å². The predicted molar refractivity (Wildman–Crippen MR) is 126 cm³/mol. The summed E-state index contributed by atoms with van der Waals surface area (Å²) >= 11 is 1.16. The van der Waals surface area contributed by atoms with E-state index in [2.05, 4.69) is 25.0 Å². The molecule has 13 heteroatoms. The van der Waals surface area contributed by atoms with Crippen molar-refractivity contribution in [2.45, 2.75) is 10.1 Å². The van der Waals surface area contributed by atoms with Crippen molar-refractivity contribution >= 4 is 50.3 Å². The lowest BCUT2D eigenvalue weighted by atomic mass is 10.3. The van der Waals surface area contributed by atoms with E-state index in [0.29, 0.717) is 16.5 Å². The van der Waals surface area contributed by atoms with E-state index in [0.717, 1.165) is 17.3 Å². The minimum absolute atomic E-state index is 0.0164. The van der Waals surface area contributed by atoms with E-state index in [4.69, 9.17) is 13.9 Å². The van der Waals surface area contributed by atoms with Crippen LogP contribution >= 0.6 is 11.8 Å². The second-order valence-electron chi connectivity index (χ2n) is 6.70. The number of hydrogen-bond acceptors (Lipinski definition) is 10. The van der Waals surface area contributed by atoms with Crippen molar-refractivity contribution in [1.29, 1.82) is 0 Å². The highest BCUT2D eigenvalue weighted by Crippen LogP contribution is 2.24. The molecule has 0 saturated carbocycles. The van der Waals surface area contributed by atoms with Crippen LogP contribution in [-0.2, 0) is 14.8 Å². The van der Waals surface area contributed by atoms with Crippen molar-refractivity contribution in [2.24, 2.45) is 0 Å². The summed E-state index contributed by atoms with van der Waals surface area (Å²) in [5.41, 5.74) is 1.80. The molecular weight excluding hydrogens is 482 g/mol. The van der Waals surface area contributed by atoms with E-state index in [1.54, 1.807) is 6.07 Å². The summed E-state index contributed by atoms with van der Waals surface area (Å²) in [6, 6.07) is 14.3. The second kappa shape index (κ2) is 9.97. The van der Waals surface area contributed by atoms with E-state index in [9.17, 15) is 13.2 Å².